The van der Waals surface area contributed by atoms with Gasteiger partial charge in [-0.05, 0) is 24.3 Å². The number of rotatable bonds is 10. The van der Waals surface area contributed by atoms with Gasteiger partial charge in [-0.3, -0.25) is 0 Å². The fourth-order valence-corrected chi connectivity index (χ4v) is 4.10. The summed E-state index contributed by atoms with van der Waals surface area (Å²) in [4.78, 5) is 0. The average molecular weight is 438 g/mol. The van der Waals surface area contributed by atoms with Crippen LogP contribution in [0.15, 0.2) is 47.2 Å². The monoisotopic (exact) mass is 437 g/mol. The summed E-state index contributed by atoms with van der Waals surface area (Å²) in [5.74, 6) is 2.28. The van der Waals surface area contributed by atoms with E-state index >= 15 is 0 Å². The van der Waals surface area contributed by atoms with E-state index in [-0.39, 0.29) is 0 Å². The fraction of sp³-hybridized carbons (Fsp3) is 0.200. The molecule has 156 valence electrons. The minimum Gasteiger partial charge on any atom is -0.590 e. The van der Waals surface area contributed by atoms with Gasteiger partial charge in [-0.25, -0.2) is 0 Å². The molecule has 0 heterocycles. The van der Waals surface area contributed by atoms with Crippen LogP contribution in [-0.2, 0) is 22.7 Å². The molecule has 9 heteroatoms. The van der Waals surface area contributed by atoms with Crippen molar-refractivity contribution >= 4 is 34.9 Å². The second kappa shape index (κ2) is 11.6. The molecule has 0 saturated carbocycles. The zero-order valence-corrected chi connectivity index (χ0v) is 18.2. The van der Waals surface area contributed by atoms with Crippen LogP contribution in [0.25, 0.3) is 12.2 Å². The number of methoxy groups -OCH3 is 4. The van der Waals surface area contributed by atoms with E-state index in [9.17, 15) is 9.11 Å². The maximum Gasteiger partial charge on any atom is 0.143 e. The molecule has 0 spiro atoms. The first kappa shape index (κ1) is 23.0. The highest BCUT2D eigenvalue weighted by Gasteiger charge is 2.15. The lowest BCUT2D eigenvalue weighted by molar-refractivity contribution is 0.392. The Hall–Kier alpha value is -2.30. The second-order valence-corrected chi connectivity index (χ2v) is 7.84. The fourth-order valence-electron chi connectivity index (χ4n) is 2.48. The first-order chi connectivity index (χ1) is 14.0. The summed E-state index contributed by atoms with van der Waals surface area (Å²) in [6, 6.07) is 10.6. The molecule has 1 N–H and O–H groups in total. The summed E-state index contributed by atoms with van der Waals surface area (Å²) < 4.78 is 48.1. The van der Waals surface area contributed by atoms with Crippen LogP contribution < -0.4 is 23.1 Å². The summed E-state index contributed by atoms with van der Waals surface area (Å²) >= 11 is -3.40. The van der Waals surface area contributed by atoms with Crippen LogP contribution in [0, 0.1) is 0 Å². The molecule has 2 aromatic carbocycles. The topological polar surface area (TPSA) is 95.1 Å². The number of ether oxygens (including phenoxy) is 4. The summed E-state index contributed by atoms with van der Waals surface area (Å²) in [6.45, 7) is 0. The van der Waals surface area contributed by atoms with Gasteiger partial charge in [0.05, 0.1) is 39.6 Å². The third kappa shape index (κ3) is 6.34. The molecule has 0 aliphatic carbocycles. The molecule has 0 radical (unpaired) electrons. The van der Waals surface area contributed by atoms with Crippen molar-refractivity contribution in [1.82, 2.24) is 4.13 Å². The van der Waals surface area contributed by atoms with E-state index in [1.807, 2.05) is 0 Å². The van der Waals surface area contributed by atoms with Crippen LogP contribution in [-0.4, -0.2) is 37.5 Å². The molecule has 0 aromatic heterocycles. The van der Waals surface area contributed by atoms with Crippen molar-refractivity contribution in [1.29, 1.82) is 0 Å². The van der Waals surface area contributed by atoms with Crippen LogP contribution in [0.1, 0.15) is 11.1 Å². The van der Waals surface area contributed by atoms with Crippen molar-refractivity contribution in [3.8, 4) is 23.0 Å². The predicted octanol–water partition coefficient (Wildman–Crippen LogP) is 3.28. The first-order valence-corrected chi connectivity index (χ1v) is 10.8. The molecular formula is C20H23NO6S2. The zero-order valence-electron chi connectivity index (χ0n) is 16.5. The summed E-state index contributed by atoms with van der Waals surface area (Å²) in [7, 11) is 6.14. The second-order valence-electron chi connectivity index (χ2n) is 5.44. The average Bonchev–Trinajstić information content (AvgIpc) is 2.75. The van der Waals surface area contributed by atoms with E-state index in [1.165, 1.54) is 39.3 Å². The molecule has 0 amide bonds. The standard InChI is InChI=1S/C20H23NO6S2/c1-24-17-7-5-8-18(25-2)15(17)11-13-28(22)21-29(23)14-12-16-19(26-3)9-6-10-20(16)27-4/h5-14,21H,1-4H3/b13-11+,14-12+. The van der Waals surface area contributed by atoms with Crippen molar-refractivity contribution in [3.63, 3.8) is 0 Å². The minimum absolute atomic E-state index is 0.571. The molecule has 29 heavy (non-hydrogen) atoms. The van der Waals surface area contributed by atoms with Crippen molar-refractivity contribution in [2.24, 2.45) is 0 Å². The van der Waals surface area contributed by atoms with E-state index in [0.717, 1.165) is 0 Å². The summed E-state index contributed by atoms with van der Waals surface area (Å²) in [6.07, 6.45) is 3.18. The highest BCUT2D eigenvalue weighted by Crippen LogP contribution is 2.30. The van der Waals surface area contributed by atoms with E-state index in [1.54, 1.807) is 48.6 Å². The molecular weight excluding hydrogens is 414 g/mol. The third-order valence-corrected chi connectivity index (χ3v) is 5.89. The van der Waals surface area contributed by atoms with Gasteiger partial charge in [-0.15, -0.1) is 0 Å². The molecule has 7 nitrogen and oxygen atoms in total. The van der Waals surface area contributed by atoms with Crippen molar-refractivity contribution in [2.75, 3.05) is 28.4 Å². The van der Waals surface area contributed by atoms with Crippen molar-refractivity contribution in [2.45, 2.75) is 0 Å². The predicted molar refractivity (Wildman–Crippen MR) is 117 cm³/mol. The van der Waals surface area contributed by atoms with Gasteiger partial charge < -0.3 is 28.1 Å². The van der Waals surface area contributed by atoms with Gasteiger partial charge in [0.1, 0.15) is 56.5 Å². The number of hydrogen-bond donors (Lipinski definition) is 1. The highest BCUT2D eigenvalue weighted by molar-refractivity contribution is 8.07. The van der Waals surface area contributed by atoms with Gasteiger partial charge in [0.25, 0.3) is 0 Å². The molecule has 2 aromatic rings. The lowest BCUT2D eigenvalue weighted by Crippen LogP contribution is -2.27. The lowest BCUT2D eigenvalue weighted by Gasteiger charge is -2.11. The van der Waals surface area contributed by atoms with E-state index < -0.39 is 22.7 Å². The Morgan fingerprint density at radius 2 is 0.966 bits per heavy atom. The van der Waals surface area contributed by atoms with Crippen LogP contribution in [0.3, 0.4) is 0 Å². The molecule has 0 bridgehead atoms. The van der Waals surface area contributed by atoms with Crippen LogP contribution in [0.2, 0.25) is 0 Å². The Balaban J connectivity index is 2.08. The van der Waals surface area contributed by atoms with Crippen LogP contribution >= 0.6 is 0 Å². The number of benzene rings is 2. The van der Waals surface area contributed by atoms with Crippen molar-refractivity contribution < 1.29 is 28.1 Å². The lowest BCUT2D eigenvalue weighted by atomic mass is 10.2. The van der Waals surface area contributed by atoms with Gasteiger partial charge in [0.2, 0.25) is 0 Å². The molecule has 2 rings (SSSR count). The third-order valence-electron chi connectivity index (χ3n) is 3.81. The van der Waals surface area contributed by atoms with Gasteiger partial charge in [0.15, 0.2) is 0 Å². The highest BCUT2D eigenvalue weighted by atomic mass is 32.3. The molecule has 0 aliphatic heterocycles. The minimum atomic E-state index is -1.70. The largest absolute Gasteiger partial charge is 0.590 e. The van der Waals surface area contributed by atoms with E-state index in [4.69, 9.17) is 18.9 Å². The summed E-state index contributed by atoms with van der Waals surface area (Å²) in [5.41, 5.74) is 1.26. The number of hydrogen-bond acceptors (Lipinski definition) is 7. The van der Waals surface area contributed by atoms with Gasteiger partial charge >= 0.3 is 0 Å². The van der Waals surface area contributed by atoms with Gasteiger partial charge in [0, 0.05) is 16.3 Å². The van der Waals surface area contributed by atoms with E-state index in [0.29, 0.717) is 34.1 Å². The Labute approximate surface area is 176 Å². The van der Waals surface area contributed by atoms with E-state index in [2.05, 4.69) is 4.13 Å². The van der Waals surface area contributed by atoms with Crippen LogP contribution in [0.4, 0.5) is 0 Å². The zero-order chi connectivity index (χ0) is 21.2. The number of nitrogens with one attached hydrogen (secondary N) is 1. The molecule has 0 saturated heterocycles. The Bertz CT molecular complexity index is 745. The van der Waals surface area contributed by atoms with Gasteiger partial charge in [-0.1, -0.05) is 12.1 Å². The summed E-state index contributed by atoms with van der Waals surface area (Å²) in [5, 5.41) is 2.74. The Kier molecular flexibility index (Phi) is 9.23. The van der Waals surface area contributed by atoms with Crippen molar-refractivity contribution in [3.05, 3.63) is 58.3 Å². The van der Waals surface area contributed by atoms with Gasteiger partial charge in [-0.2, -0.15) is 0 Å². The first-order valence-electron chi connectivity index (χ1n) is 8.39. The SMILES string of the molecule is COc1cccc(OC)c1/C=C/[S+]([O-])N[S+]([O-])/C=C/c1c(OC)cccc1OC. The molecule has 0 fully saturated rings. The Morgan fingerprint density at radius 3 is 1.24 bits per heavy atom. The normalized spacial score (nSPS) is 13.4. The quantitative estimate of drug-likeness (QED) is 0.570. The molecule has 2 unspecified atom stereocenters. The smallest absolute Gasteiger partial charge is 0.143 e. The maximum absolute atomic E-state index is 12.2. The molecule has 2 atom stereocenters. The Morgan fingerprint density at radius 1 is 0.655 bits per heavy atom. The maximum atomic E-state index is 12.2. The molecule has 0 aliphatic rings. The van der Waals surface area contributed by atoms with Crippen LogP contribution in [0.5, 0.6) is 23.0 Å².